The van der Waals surface area contributed by atoms with Gasteiger partial charge in [-0.15, -0.1) is 0 Å². The Balaban J connectivity index is 1.28. The van der Waals surface area contributed by atoms with Crippen LogP contribution >= 0.6 is 0 Å². The zero-order valence-electron chi connectivity index (χ0n) is 20.3. The van der Waals surface area contributed by atoms with Gasteiger partial charge in [0.15, 0.2) is 11.5 Å². The zero-order valence-corrected chi connectivity index (χ0v) is 20.3. The van der Waals surface area contributed by atoms with Gasteiger partial charge in [0.1, 0.15) is 6.10 Å². The molecule has 1 spiro atoms. The van der Waals surface area contributed by atoms with E-state index < -0.39 is 11.0 Å². The fourth-order valence-electron chi connectivity index (χ4n) is 7.93. The average molecular weight is 475 g/mol. The molecule has 2 N–H and O–H groups in total. The summed E-state index contributed by atoms with van der Waals surface area (Å²) < 4.78 is 6.61. The van der Waals surface area contributed by atoms with E-state index in [1.165, 1.54) is 18.4 Å². The fourth-order valence-corrected chi connectivity index (χ4v) is 7.93. The molecule has 6 nitrogen and oxygen atoms in total. The first kappa shape index (κ1) is 21.7. The number of hydrogen-bond acceptors (Lipinski definition) is 5. The lowest BCUT2D eigenvalue weighted by molar-refractivity contribution is -0.200. The number of piperidine rings is 1. The summed E-state index contributed by atoms with van der Waals surface area (Å²) in [6, 6.07) is 13.5. The Morgan fingerprint density at radius 3 is 2.71 bits per heavy atom. The molecule has 2 heterocycles. The van der Waals surface area contributed by atoms with E-state index in [9.17, 15) is 15.0 Å². The standard InChI is InChI=1S/C29H34N2O4/c1-30(24(33)15-18-5-3-2-4-6-18)21-11-12-29(34)23-16-20-9-10-22(32)26-25(20)28(29,27(21)35-26)13-14-31(23)17-19-7-8-19/h2-6,9-10,19,21,23,27,32,34H,7-8,11-17H2,1H3/t21-,23-,27-,28-,29+/m0/s1. The van der Waals surface area contributed by atoms with Crippen LogP contribution in [0.25, 0.3) is 0 Å². The molecule has 5 atom stereocenters. The van der Waals surface area contributed by atoms with Gasteiger partial charge in [0, 0.05) is 25.2 Å². The summed E-state index contributed by atoms with van der Waals surface area (Å²) in [5.41, 5.74) is 1.69. The molecular weight excluding hydrogens is 440 g/mol. The van der Waals surface area contributed by atoms with Crippen LogP contribution in [0.1, 0.15) is 48.8 Å². The number of carbonyl (C=O) groups is 1. The molecule has 3 fully saturated rings. The van der Waals surface area contributed by atoms with Crippen LogP contribution in [0.3, 0.4) is 0 Å². The number of phenols is 1. The molecule has 0 radical (unpaired) electrons. The minimum absolute atomic E-state index is 0.0530. The third kappa shape index (κ3) is 2.93. The van der Waals surface area contributed by atoms with Gasteiger partial charge in [0.05, 0.1) is 23.5 Å². The van der Waals surface area contributed by atoms with Gasteiger partial charge in [-0.2, -0.15) is 0 Å². The number of phenolic OH excluding ortho intramolecular Hbond substituents is 1. The number of ether oxygens (including phenoxy) is 1. The maximum Gasteiger partial charge on any atom is 0.227 e. The number of aliphatic hydroxyl groups is 1. The quantitative estimate of drug-likeness (QED) is 0.697. The van der Waals surface area contributed by atoms with Crippen LogP contribution in [-0.2, 0) is 23.1 Å². The molecule has 3 aliphatic carbocycles. The molecule has 5 aliphatic rings. The van der Waals surface area contributed by atoms with Gasteiger partial charge >= 0.3 is 0 Å². The van der Waals surface area contributed by atoms with E-state index in [1.54, 1.807) is 6.07 Å². The number of aromatic hydroxyl groups is 1. The smallest absolute Gasteiger partial charge is 0.227 e. The number of carbonyl (C=O) groups excluding carboxylic acids is 1. The van der Waals surface area contributed by atoms with Gasteiger partial charge in [-0.25, -0.2) is 0 Å². The molecule has 2 aliphatic heterocycles. The fraction of sp³-hybridized carbons (Fsp3) is 0.552. The number of amides is 1. The molecule has 2 saturated carbocycles. The molecule has 7 rings (SSSR count). The highest BCUT2D eigenvalue weighted by atomic mass is 16.5. The Kier molecular flexibility index (Phi) is 4.63. The van der Waals surface area contributed by atoms with Gasteiger partial charge in [-0.1, -0.05) is 36.4 Å². The zero-order chi connectivity index (χ0) is 23.9. The van der Waals surface area contributed by atoms with Crippen molar-refractivity contribution in [1.29, 1.82) is 0 Å². The summed E-state index contributed by atoms with van der Waals surface area (Å²) in [6.07, 6.45) is 5.49. The summed E-state index contributed by atoms with van der Waals surface area (Å²) in [7, 11) is 1.88. The van der Waals surface area contributed by atoms with Crippen LogP contribution in [0.5, 0.6) is 11.5 Å². The van der Waals surface area contributed by atoms with E-state index in [0.717, 1.165) is 43.0 Å². The van der Waals surface area contributed by atoms with E-state index in [2.05, 4.69) is 4.90 Å². The first-order valence-corrected chi connectivity index (χ1v) is 13.2. The predicted molar refractivity (Wildman–Crippen MR) is 131 cm³/mol. The Labute approximate surface area is 206 Å². The molecule has 184 valence electrons. The lowest BCUT2D eigenvalue weighted by Crippen LogP contribution is -2.78. The third-order valence-corrected chi connectivity index (χ3v) is 9.82. The summed E-state index contributed by atoms with van der Waals surface area (Å²) in [4.78, 5) is 17.8. The van der Waals surface area contributed by atoms with Gasteiger partial charge < -0.3 is 19.8 Å². The van der Waals surface area contributed by atoms with Crippen molar-refractivity contribution in [3.05, 3.63) is 59.2 Å². The number of hydrogen-bond donors (Lipinski definition) is 2. The maximum atomic E-state index is 13.4. The van der Waals surface area contributed by atoms with Crippen molar-refractivity contribution in [3.8, 4) is 11.5 Å². The van der Waals surface area contributed by atoms with E-state index in [0.29, 0.717) is 25.0 Å². The van der Waals surface area contributed by atoms with Crippen LogP contribution in [0, 0.1) is 5.92 Å². The van der Waals surface area contributed by atoms with E-state index in [4.69, 9.17) is 4.74 Å². The Morgan fingerprint density at radius 2 is 1.94 bits per heavy atom. The van der Waals surface area contributed by atoms with E-state index in [1.807, 2.05) is 48.3 Å². The normalized spacial score (nSPS) is 34.7. The SMILES string of the molecule is CN(C(=O)Cc1ccccc1)[C@H]1CC[C@@]2(O)[C@@H]3Cc4ccc(O)c5c4[C@@]2(CCN3CC2CC2)[C@H]1O5. The number of likely N-dealkylation sites (N-methyl/N-ethyl adjacent to an activating group) is 1. The molecule has 35 heavy (non-hydrogen) atoms. The van der Waals surface area contributed by atoms with Gasteiger partial charge in [0.2, 0.25) is 5.91 Å². The maximum absolute atomic E-state index is 13.4. The molecule has 2 bridgehead atoms. The van der Waals surface area contributed by atoms with Gasteiger partial charge in [0.25, 0.3) is 0 Å². The van der Waals surface area contributed by atoms with Crippen molar-refractivity contribution in [2.24, 2.45) is 5.92 Å². The van der Waals surface area contributed by atoms with E-state index >= 15 is 0 Å². The van der Waals surface area contributed by atoms with E-state index in [-0.39, 0.29) is 29.8 Å². The minimum atomic E-state index is -0.920. The second-order valence-corrected chi connectivity index (χ2v) is 11.6. The Hall–Kier alpha value is -2.57. The second kappa shape index (κ2) is 7.47. The van der Waals surface area contributed by atoms with Crippen LogP contribution in [-0.4, -0.2) is 69.8 Å². The molecule has 0 aromatic heterocycles. The van der Waals surface area contributed by atoms with Crippen molar-refractivity contribution in [2.45, 2.75) is 74.1 Å². The van der Waals surface area contributed by atoms with Crippen molar-refractivity contribution in [3.63, 3.8) is 0 Å². The first-order valence-electron chi connectivity index (χ1n) is 13.2. The predicted octanol–water partition coefficient (Wildman–Crippen LogP) is 3.03. The topological polar surface area (TPSA) is 73.2 Å². The average Bonchev–Trinajstić information content (AvgIpc) is 3.60. The number of benzene rings is 2. The second-order valence-electron chi connectivity index (χ2n) is 11.6. The highest BCUT2D eigenvalue weighted by Crippen LogP contribution is 2.66. The van der Waals surface area contributed by atoms with Gasteiger partial charge in [-0.3, -0.25) is 9.69 Å². The number of rotatable bonds is 5. The first-order chi connectivity index (χ1) is 16.9. The van der Waals surface area contributed by atoms with Crippen molar-refractivity contribution in [1.82, 2.24) is 9.80 Å². The molecule has 0 unspecified atom stereocenters. The third-order valence-electron chi connectivity index (χ3n) is 9.82. The number of likely N-dealkylation sites (tertiary alicyclic amines) is 1. The molecular formula is C29H34N2O4. The summed E-state index contributed by atoms with van der Waals surface area (Å²) in [5, 5.41) is 23.4. The van der Waals surface area contributed by atoms with Crippen molar-refractivity contribution in [2.75, 3.05) is 20.1 Å². The van der Waals surface area contributed by atoms with Crippen LogP contribution in [0.15, 0.2) is 42.5 Å². The highest BCUT2D eigenvalue weighted by Gasteiger charge is 2.73. The van der Waals surface area contributed by atoms with Crippen LogP contribution in [0.4, 0.5) is 0 Å². The molecule has 1 amide bonds. The van der Waals surface area contributed by atoms with Gasteiger partial charge in [-0.05, 0) is 68.2 Å². The lowest BCUT2D eigenvalue weighted by Gasteiger charge is -2.64. The minimum Gasteiger partial charge on any atom is -0.504 e. The Morgan fingerprint density at radius 1 is 1.14 bits per heavy atom. The van der Waals surface area contributed by atoms with Crippen molar-refractivity contribution >= 4 is 5.91 Å². The van der Waals surface area contributed by atoms with Crippen LogP contribution in [0.2, 0.25) is 0 Å². The Bertz CT molecular complexity index is 1180. The monoisotopic (exact) mass is 474 g/mol. The lowest BCUT2D eigenvalue weighted by atomic mass is 9.48. The largest absolute Gasteiger partial charge is 0.504 e. The molecule has 2 aromatic rings. The summed E-state index contributed by atoms with van der Waals surface area (Å²) in [5.74, 6) is 1.50. The summed E-state index contributed by atoms with van der Waals surface area (Å²) in [6.45, 7) is 1.99. The van der Waals surface area contributed by atoms with Crippen molar-refractivity contribution < 1.29 is 19.7 Å². The molecule has 6 heteroatoms. The summed E-state index contributed by atoms with van der Waals surface area (Å²) >= 11 is 0. The number of nitrogens with zero attached hydrogens (tertiary/aromatic N) is 2. The highest BCUT2D eigenvalue weighted by molar-refractivity contribution is 5.79. The van der Waals surface area contributed by atoms with Crippen LogP contribution < -0.4 is 4.74 Å². The molecule has 2 aromatic carbocycles. The molecule has 1 saturated heterocycles.